The van der Waals surface area contributed by atoms with Gasteiger partial charge in [-0.3, -0.25) is 4.40 Å². The number of fused-ring (bicyclic) bond motifs is 2. The van der Waals surface area contributed by atoms with Crippen molar-refractivity contribution in [3.05, 3.63) is 46.7 Å². The van der Waals surface area contributed by atoms with Gasteiger partial charge in [-0.1, -0.05) is 37.6 Å². The Morgan fingerprint density at radius 1 is 1.23 bits per heavy atom. The van der Waals surface area contributed by atoms with Gasteiger partial charge in [0, 0.05) is 23.5 Å². The first-order valence-electron chi connectivity index (χ1n) is 9.72. The second kappa shape index (κ2) is 8.22. The average Bonchev–Trinajstić information content (AvgIpc) is 3.36. The molecule has 3 heterocycles. The Kier molecular flexibility index (Phi) is 5.80. The summed E-state index contributed by atoms with van der Waals surface area (Å²) < 4.78 is 36.3. The molecule has 0 aliphatic carbocycles. The van der Waals surface area contributed by atoms with E-state index in [0.717, 1.165) is 25.0 Å². The van der Waals surface area contributed by atoms with E-state index >= 15 is 0 Å². The average molecular weight is 467 g/mol. The first kappa shape index (κ1) is 21.2. The van der Waals surface area contributed by atoms with E-state index in [1.165, 1.54) is 19.7 Å². The van der Waals surface area contributed by atoms with E-state index in [1.54, 1.807) is 24.6 Å². The van der Waals surface area contributed by atoms with Gasteiger partial charge in [0.1, 0.15) is 12.4 Å². The first-order chi connectivity index (χ1) is 14.4. The molecule has 0 aliphatic rings. The lowest BCUT2D eigenvalue weighted by Crippen LogP contribution is -2.28. The van der Waals surface area contributed by atoms with Gasteiger partial charge in [-0.25, -0.2) is 8.96 Å². The molecule has 4 rings (SSSR count). The van der Waals surface area contributed by atoms with Crippen LogP contribution in [0.5, 0.6) is 5.75 Å². The molecule has 0 amide bonds. The molecule has 0 saturated heterocycles. The Hall–Kier alpha value is -2.07. The van der Waals surface area contributed by atoms with Crippen LogP contribution in [0.2, 0.25) is 5.15 Å². The van der Waals surface area contributed by atoms with Crippen LogP contribution in [0.4, 0.5) is 0 Å². The summed E-state index contributed by atoms with van der Waals surface area (Å²) in [5.41, 5.74) is 1.06. The maximum atomic E-state index is 13.7. The highest BCUT2D eigenvalue weighted by atomic mass is 35.5. The number of hydrogen-bond donors (Lipinski definition) is 0. The third-order valence-corrected chi connectivity index (χ3v) is 8.17. The van der Waals surface area contributed by atoms with Gasteiger partial charge in [-0.15, -0.1) is 11.3 Å². The first-order valence-corrected chi connectivity index (χ1v) is 12.4. The van der Waals surface area contributed by atoms with Crippen LogP contribution in [0.25, 0.3) is 15.9 Å². The third-order valence-electron chi connectivity index (χ3n) is 5.21. The zero-order valence-corrected chi connectivity index (χ0v) is 19.4. The van der Waals surface area contributed by atoms with Crippen LogP contribution in [0.1, 0.15) is 19.5 Å². The Morgan fingerprint density at radius 3 is 2.70 bits per heavy atom. The molecule has 160 valence electrons. The highest BCUT2D eigenvalue weighted by molar-refractivity contribution is 7.90. The molecule has 1 aromatic carbocycles. The van der Waals surface area contributed by atoms with E-state index in [4.69, 9.17) is 16.3 Å². The van der Waals surface area contributed by atoms with Crippen LogP contribution >= 0.6 is 22.9 Å². The molecule has 0 radical (unpaired) electrons. The van der Waals surface area contributed by atoms with Crippen LogP contribution in [-0.4, -0.2) is 52.9 Å². The molecule has 0 fully saturated rings. The monoisotopic (exact) mass is 466 g/mol. The lowest BCUT2D eigenvalue weighted by atomic mass is 10.2. The van der Waals surface area contributed by atoms with Gasteiger partial charge in [0.25, 0.3) is 10.0 Å². The van der Waals surface area contributed by atoms with Gasteiger partial charge >= 0.3 is 0 Å². The van der Waals surface area contributed by atoms with Crippen LogP contribution in [0.15, 0.2) is 40.9 Å². The summed E-state index contributed by atoms with van der Waals surface area (Å²) in [5.74, 6) is 0.573. The molecule has 30 heavy (non-hydrogen) atoms. The topological polar surface area (TPSA) is 68.8 Å². The minimum absolute atomic E-state index is 0.0389. The quantitative estimate of drug-likeness (QED) is 0.388. The predicted molar refractivity (Wildman–Crippen MR) is 121 cm³/mol. The van der Waals surface area contributed by atoms with E-state index < -0.39 is 10.0 Å². The molecule has 10 heteroatoms. The summed E-state index contributed by atoms with van der Waals surface area (Å²) in [5, 5.41) is 2.45. The van der Waals surface area contributed by atoms with E-state index in [-0.39, 0.29) is 10.2 Å². The summed E-state index contributed by atoms with van der Waals surface area (Å²) in [6.07, 6.45) is 1.66. The molecule has 0 unspecified atom stereocenters. The zero-order chi connectivity index (χ0) is 21.5. The summed E-state index contributed by atoms with van der Waals surface area (Å²) in [6, 6.07) is 7.33. The van der Waals surface area contributed by atoms with E-state index in [0.29, 0.717) is 28.5 Å². The number of nitrogens with zero attached hydrogens (tertiary/aromatic N) is 4. The molecule has 7 nitrogen and oxygen atoms in total. The fraction of sp³-hybridized carbons (Fsp3) is 0.350. The lowest BCUT2D eigenvalue weighted by molar-refractivity contribution is 0.223. The van der Waals surface area contributed by atoms with E-state index in [1.807, 2.05) is 18.2 Å². The fourth-order valence-electron chi connectivity index (χ4n) is 3.67. The largest absolute Gasteiger partial charge is 0.490 e. The Bertz CT molecular complexity index is 1300. The van der Waals surface area contributed by atoms with Crippen molar-refractivity contribution >= 4 is 48.8 Å². The van der Waals surface area contributed by atoms with Gasteiger partial charge < -0.3 is 9.64 Å². The van der Waals surface area contributed by atoms with Gasteiger partial charge in [0.15, 0.2) is 10.1 Å². The number of rotatable bonds is 8. The van der Waals surface area contributed by atoms with E-state index in [9.17, 15) is 8.42 Å². The van der Waals surface area contributed by atoms with Crippen molar-refractivity contribution in [3.8, 4) is 5.75 Å². The van der Waals surface area contributed by atoms with Crippen LogP contribution in [0.3, 0.4) is 0 Å². The number of likely N-dealkylation sites (N-methyl/N-ethyl adjacent to an activating group) is 1. The molecule has 0 spiro atoms. The second-order valence-electron chi connectivity index (χ2n) is 6.84. The second-order valence-corrected chi connectivity index (χ2v) is 9.77. The fourth-order valence-corrected chi connectivity index (χ4v) is 6.65. The number of hydrogen-bond acceptors (Lipinski definition) is 6. The number of aromatic nitrogens is 3. The molecule has 0 aliphatic heterocycles. The van der Waals surface area contributed by atoms with Gasteiger partial charge in [0.05, 0.1) is 11.2 Å². The molecular formula is C20H23ClN4O3S2. The number of benzene rings is 1. The Balaban J connectivity index is 1.83. The lowest BCUT2D eigenvalue weighted by Gasteiger charge is -2.18. The van der Waals surface area contributed by atoms with E-state index in [2.05, 4.69) is 23.7 Å². The highest BCUT2D eigenvalue weighted by Crippen LogP contribution is 2.37. The Labute approximate surface area is 184 Å². The van der Waals surface area contributed by atoms with Crippen molar-refractivity contribution in [2.75, 3.05) is 26.2 Å². The molecule has 0 atom stereocenters. The normalized spacial score (nSPS) is 12.4. The standard InChI is InChI=1S/C20H23ClN4O3S2/c1-4-23(5-2)10-12-28-17-14(3)25(16-9-7-6-8-15(16)17)30(26,27)19-18(21)22-20-24(19)11-13-29-20/h6-9,11,13H,4-5,10,12H2,1-3H3. The molecule has 4 aromatic rings. The zero-order valence-electron chi connectivity index (χ0n) is 17.0. The van der Waals surface area contributed by atoms with Gasteiger partial charge in [-0.2, -0.15) is 8.42 Å². The van der Waals surface area contributed by atoms with Crippen molar-refractivity contribution in [1.82, 2.24) is 18.3 Å². The van der Waals surface area contributed by atoms with Crippen molar-refractivity contribution in [1.29, 1.82) is 0 Å². The Morgan fingerprint density at radius 2 is 1.97 bits per heavy atom. The number of halogens is 1. The van der Waals surface area contributed by atoms with Gasteiger partial charge in [0.2, 0.25) is 5.03 Å². The van der Waals surface area contributed by atoms with Crippen LogP contribution in [-0.2, 0) is 10.0 Å². The summed E-state index contributed by atoms with van der Waals surface area (Å²) >= 11 is 7.58. The maximum absolute atomic E-state index is 13.7. The summed E-state index contributed by atoms with van der Waals surface area (Å²) in [4.78, 5) is 6.97. The van der Waals surface area contributed by atoms with Gasteiger partial charge in [-0.05, 0) is 32.1 Å². The minimum Gasteiger partial charge on any atom is -0.490 e. The summed E-state index contributed by atoms with van der Waals surface area (Å²) in [7, 11) is -4.01. The smallest absolute Gasteiger partial charge is 0.287 e. The minimum atomic E-state index is -4.01. The SMILES string of the molecule is CCN(CC)CCOc1c(C)n(S(=O)(=O)c2c(Cl)nc3sccn23)c2ccccc12. The van der Waals surface area contributed by atoms with Crippen molar-refractivity contribution in [3.63, 3.8) is 0 Å². The van der Waals surface area contributed by atoms with Crippen molar-refractivity contribution in [2.24, 2.45) is 0 Å². The molecular weight excluding hydrogens is 444 g/mol. The summed E-state index contributed by atoms with van der Waals surface area (Å²) in [6.45, 7) is 9.07. The maximum Gasteiger partial charge on any atom is 0.287 e. The number of para-hydroxylation sites is 1. The number of imidazole rings is 1. The molecule has 0 saturated carbocycles. The van der Waals surface area contributed by atoms with Crippen LogP contribution < -0.4 is 4.74 Å². The van der Waals surface area contributed by atoms with Crippen LogP contribution in [0, 0.1) is 6.92 Å². The molecule has 3 aromatic heterocycles. The predicted octanol–water partition coefficient (Wildman–Crippen LogP) is 4.27. The van der Waals surface area contributed by atoms with Crippen molar-refractivity contribution < 1.29 is 13.2 Å². The number of thiazole rings is 1. The highest BCUT2D eigenvalue weighted by Gasteiger charge is 2.31. The van der Waals surface area contributed by atoms with Crippen molar-refractivity contribution in [2.45, 2.75) is 25.8 Å². The molecule has 0 bridgehead atoms. The number of ether oxygens (including phenoxy) is 1. The molecule has 0 N–H and O–H groups in total. The third kappa shape index (κ3) is 3.39.